The Balaban J connectivity index is 1.06. The van der Waals surface area contributed by atoms with Crippen molar-refractivity contribution in [1.29, 1.82) is 10.5 Å². The van der Waals surface area contributed by atoms with Gasteiger partial charge in [-0.2, -0.15) is 10.5 Å². The van der Waals surface area contributed by atoms with Crippen LogP contribution in [-0.2, 0) is 5.41 Å². The van der Waals surface area contributed by atoms with Crippen molar-refractivity contribution < 1.29 is 0 Å². The fourth-order valence-corrected chi connectivity index (χ4v) is 18.1. The van der Waals surface area contributed by atoms with Gasteiger partial charge in [0.15, 0.2) is 0 Å². The van der Waals surface area contributed by atoms with Crippen molar-refractivity contribution in [2.45, 2.75) is 107 Å². The monoisotopic (exact) mass is 747 g/mol. The third kappa shape index (κ3) is 3.08. The fraction of sp³-hybridized carbons (Fsp3) is 0.418. The molecule has 0 aliphatic heterocycles. The van der Waals surface area contributed by atoms with E-state index >= 15 is 0 Å². The summed E-state index contributed by atoms with van der Waals surface area (Å²) >= 11 is 0. The predicted molar refractivity (Wildman–Crippen MR) is 229 cm³/mol. The summed E-state index contributed by atoms with van der Waals surface area (Å²) in [7, 11) is 0. The normalized spacial score (nSPS) is 35.3. The molecule has 10 unspecified atom stereocenters. The van der Waals surface area contributed by atoms with Crippen LogP contribution in [0.25, 0.3) is 60.3 Å². The summed E-state index contributed by atoms with van der Waals surface area (Å²) in [6.07, 6.45) is 13.1. The van der Waals surface area contributed by atoms with Gasteiger partial charge in [0.25, 0.3) is 0 Å². The lowest BCUT2D eigenvalue weighted by Crippen LogP contribution is -2.41. The third-order valence-electron chi connectivity index (χ3n) is 20.1. The van der Waals surface area contributed by atoms with E-state index in [1.54, 1.807) is 0 Å². The number of hydrogen-bond donors (Lipinski definition) is 0. The average molecular weight is 748 g/mol. The van der Waals surface area contributed by atoms with Crippen molar-refractivity contribution in [1.82, 2.24) is 4.40 Å². The topological polar surface area (TPSA) is 52.0 Å². The molecule has 0 amide bonds. The van der Waals surface area contributed by atoms with Gasteiger partial charge in [-0.1, -0.05) is 50.2 Å². The third-order valence-corrected chi connectivity index (χ3v) is 20.1. The molecule has 10 atom stereocenters. The molecule has 280 valence electrons. The van der Waals surface area contributed by atoms with E-state index in [1.165, 1.54) is 158 Å². The van der Waals surface area contributed by atoms with Gasteiger partial charge in [-0.05, 0) is 208 Å². The van der Waals surface area contributed by atoms with Gasteiger partial charge in [0, 0.05) is 27.0 Å². The molecular weight excluding hydrogens is 703 g/mol. The van der Waals surface area contributed by atoms with Crippen LogP contribution in [-0.4, -0.2) is 4.40 Å². The fourth-order valence-electron chi connectivity index (χ4n) is 18.1. The highest BCUT2D eigenvalue weighted by Gasteiger charge is 2.67. The van der Waals surface area contributed by atoms with Gasteiger partial charge >= 0.3 is 0 Å². The Bertz CT molecular complexity index is 3110. The van der Waals surface area contributed by atoms with E-state index in [1.807, 2.05) is 0 Å². The molecule has 16 rings (SSSR count). The van der Waals surface area contributed by atoms with Crippen LogP contribution in [0.5, 0.6) is 0 Å². The molecule has 2 heterocycles. The number of aromatic nitrogens is 1. The molecule has 6 fully saturated rings. The van der Waals surface area contributed by atoms with Gasteiger partial charge in [-0.3, -0.25) is 0 Å². The van der Waals surface area contributed by atoms with E-state index in [0.717, 1.165) is 34.8 Å². The van der Waals surface area contributed by atoms with E-state index in [2.05, 4.69) is 97.1 Å². The molecule has 0 saturated heterocycles. The highest BCUT2D eigenvalue weighted by atomic mass is 14.9. The quantitative estimate of drug-likeness (QED) is 0.168. The number of fused-ring (bicyclic) bond motifs is 21. The van der Waals surface area contributed by atoms with Gasteiger partial charge in [0.1, 0.15) is 0 Å². The minimum atomic E-state index is -0.0711. The zero-order valence-corrected chi connectivity index (χ0v) is 33.4. The van der Waals surface area contributed by atoms with E-state index in [4.69, 9.17) is 0 Å². The summed E-state index contributed by atoms with van der Waals surface area (Å²) in [6.45, 7) is 4.80. The van der Waals surface area contributed by atoms with Crippen molar-refractivity contribution in [3.8, 4) is 34.4 Å². The van der Waals surface area contributed by atoms with Crippen LogP contribution in [0.15, 0.2) is 66.7 Å². The van der Waals surface area contributed by atoms with Crippen LogP contribution in [0, 0.1) is 57.2 Å². The van der Waals surface area contributed by atoms with Gasteiger partial charge < -0.3 is 4.40 Å². The van der Waals surface area contributed by atoms with Crippen LogP contribution in [0.1, 0.15) is 146 Å². The smallest absolute Gasteiger partial charge is 0.0995 e. The molecular formula is C55H45N3. The van der Waals surface area contributed by atoms with Crippen LogP contribution >= 0.6 is 0 Å². The lowest BCUT2D eigenvalue weighted by molar-refractivity contribution is 0.00321. The first kappa shape index (κ1) is 30.9. The molecule has 9 aliphatic carbocycles. The zero-order chi connectivity index (χ0) is 37.9. The van der Waals surface area contributed by atoms with Crippen molar-refractivity contribution in [3.63, 3.8) is 0 Å². The van der Waals surface area contributed by atoms with E-state index < -0.39 is 0 Å². The highest BCUT2D eigenvalue weighted by molar-refractivity contribution is 6.26. The van der Waals surface area contributed by atoms with Crippen LogP contribution < -0.4 is 0 Å². The Hall–Kier alpha value is -5.12. The maximum absolute atomic E-state index is 11.1. The van der Waals surface area contributed by atoms with Crippen molar-refractivity contribution in [2.24, 2.45) is 34.5 Å². The SMILES string of the molecule is CC1(C)c2ccccc2-c2ccc(-c3cc4c5c6c(c(C#N)cc5n5c7cc(C#N)c8c(c7c(c3)c45)C3CC4CC5CC8CC54C3)C3CC4CC5CC6CC45C3)cc21. The molecule has 0 N–H and O–H groups in total. The van der Waals surface area contributed by atoms with Gasteiger partial charge in [-0.25, -0.2) is 0 Å². The first-order valence-corrected chi connectivity index (χ1v) is 22.7. The Kier molecular flexibility index (Phi) is 4.98. The largest absolute Gasteiger partial charge is 0.308 e. The Morgan fingerprint density at radius 2 is 1.03 bits per heavy atom. The maximum Gasteiger partial charge on any atom is 0.0995 e. The highest BCUT2D eigenvalue weighted by Crippen LogP contribution is 2.78. The van der Waals surface area contributed by atoms with E-state index in [0.29, 0.717) is 34.5 Å². The standard InChI is InChI=1S/C55H45N3/c1-53(2)42-6-4-3-5-38(42)39-8-7-26(15-43(39)53)27-13-40-50-44(16-32(24-56)46-28-9-34-18-36-11-30(48(46)50)22-54(34,36)20-28)58-45-17-33(25-57)47-29-10-35-19-37-12-31(23-55(35,37)21-29)49(47)51(45)41(14-27)52(40)58/h3-8,13-17,28-31,34-37H,9-12,18-23H2,1-2H3. The summed E-state index contributed by atoms with van der Waals surface area (Å²) in [4.78, 5) is 0. The van der Waals surface area contributed by atoms with Gasteiger partial charge in [0.2, 0.25) is 0 Å². The van der Waals surface area contributed by atoms with Gasteiger partial charge in [-0.15, -0.1) is 0 Å². The molecule has 3 heteroatoms. The van der Waals surface area contributed by atoms with Crippen LogP contribution in [0.3, 0.4) is 0 Å². The van der Waals surface area contributed by atoms with Crippen molar-refractivity contribution in [3.05, 3.63) is 111 Å². The van der Waals surface area contributed by atoms with Crippen LogP contribution in [0.2, 0.25) is 0 Å². The summed E-state index contributed by atoms with van der Waals surface area (Å²) in [5, 5.41) is 27.7. The average Bonchev–Trinajstić information content (AvgIpc) is 4.05. The van der Waals surface area contributed by atoms with Crippen molar-refractivity contribution in [2.75, 3.05) is 0 Å². The van der Waals surface area contributed by atoms with Crippen molar-refractivity contribution >= 4 is 38.1 Å². The lowest BCUT2D eigenvalue weighted by Gasteiger charge is -2.48. The molecule has 2 aromatic heterocycles. The Labute approximate surface area is 339 Å². The molecule has 5 aromatic carbocycles. The molecule has 3 nitrogen and oxygen atoms in total. The molecule has 58 heavy (non-hydrogen) atoms. The summed E-state index contributed by atoms with van der Waals surface area (Å²) in [5.74, 6) is 5.49. The second-order valence-corrected chi connectivity index (χ2v) is 22.0. The first-order valence-electron chi connectivity index (χ1n) is 22.7. The van der Waals surface area contributed by atoms with Gasteiger partial charge in [0.05, 0.1) is 39.8 Å². The Morgan fingerprint density at radius 1 is 0.534 bits per heavy atom. The first-order chi connectivity index (χ1) is 28.3. The van der Waals surface area contributed by atoms with E-state index in [9.17, 15) is 10.5 Å². The van der Waals surface area contributed by atoms with Crippen LogP contribution in [0.4, 0.5) is 0 Å². The number of rotatable bonds is 1. The minimum Gasteiger partial charge on any atom is -0.308 e. The summed E-state index contributed by atoms with van der Waals surface area (Å²) in [5.41, 5.74) is 20.6. The summed E-state index contributed by atoms with van der Waals surface area (Å²) < 4.78 is 2.57. The molecule has 7 aromatic rings. The minimum absolute atomic E-state index is 0.0711. The molecule has 9 aliphatic rings. The maximum atomic E-state index is 11.1. The van der Waals surface area contributed by atoms with E-state index in [-0.39, 0.29) is 5.41 Å². The second kappa shape index (κ2) is 9.35. The molecule has 6 bridgehead atoms. The number of nitrogens with zero attached hydrogens (tertiary/aromatic N) is 3. The molecule has 6 saturated carbocycles. The number of nitriles is 2. The summed E-state index contributed by atoms with van der Waals surface area (Å²) in [6, 6.07) is 31.7. The Morgan fingerprint density at radius 3 is 1.57 bits per heavy atom. The zero-order valence-electron chi connectivity index (χ0n) is 33.4. The molecule has 2 spiro atoms. The lowest BCUT2D eigenvalue weighted by atomic mass is 9.56. The number of hydrogen-bond acceptors (Lipinski definition) is 2. The predicted octanol–water partition coefficient (Wildman–Crippen LogP) is 13.3. The molecule has 0 radical (unpaired) electrons. The number of benzene rings is 5. The second-order valence-electron chi connectivity index (χ2n) is 22.0.